The second-order valence-electron chi connectivity index (χ2n) is 5.80. The fraction of sp³-hybridized carbons (Fsp3) is 0.381. The van der Waals surface area contributed by atoms with Crippen LogP contribution in [-0.4, -0.2) is 11.8 Å². The molecule has 0 bridgehead atoms. The van der Waals surface area contributed by atoms with Gasteiger partial charge in [0.05, 0.1) is 6.61 Å². The van der Waals surface area contributed by atoms with E-state index >= 15 is 0 Å². The number of halogens is 2. The number of carbonyl (C=O) groups is 1. The lowest BCUT2D eigenvalue weighted by Crippen LogP contribution is -2.17. The third kappa shape index (κ3) is 6.03. The highest BCUT2D eigenvalue weighted by Gasteiger charge is 2.25. The number of thioether (sulfide) groups is 1. The monoisotopic (exact) mass is 394 g/mol. The van der Waals surface area contributed by atoms with E-state index in [1.54, 1.807) is 23.9 Å². The van der Waals surface area contributed by atoms with Crippen molar-refractivity contribution in [2.75, 3.05) is 6.61 Å². The quantitative estimate of drug-likeness (QED) is 0.494. The lowest BCUT2D eigenvalue weighted by Gasteiger charge is -2.25. The van der Waals surface area contributed by atoms with Crippen LogP contribution in [0.1, 0.15) is 39.5 Å². The van der Waals surface area contributed by atoms with Crippen molar-refractivity contribution in [3.05, 3.63) is 69.5 Å². The third-order valence-electron chi connectivity index (χ3n) is 4.11. The van der Waals surface area contributed by atoms with Crippen molar-refractivity contribution in [2.24, 2.45) is 5.92 Å². The van der Waals surface area contributed by atoms with Gasteiger partial charge in [0.1, 0.15) is 11.6 Å². The molecule has 5 heteroatoms. The molecule has 1 unspecified atom stereocenters. The second kappa shape index (κ2) is 10.6. The lowest BCUT2D eigenvalue weighted by atomic mass is 9.89. The Morgan fingerprint density at radius 2 is 2.08 bits per heavy atom. The molecule has 2 nitrogen and oxygen atoms in total. The molecule has 3 rings (SSSR count). The van der Waals surface area contributed by atoms with Crippen LogP contribution in [0.15, 0.2) is 69.5 Å². The minimum Gasteiger partial charge on any atom is -0.497 e. The molecule has 1 atom stereocenters. The standard InChI is InChI=1S/C19H18ClFO2S.C2H6/c20-19(22)12-13-10-11-23-18-9-7-16(6-8-17(13)18)24-15-3-1-2-14(21)4-5-15;1-2/h1-4,6-8,13H,5,9-12H2;1-2H3. The van der Waals surface area contributed by atoms with Crippen LogP contribution < -0.4 is 0 Å². The van der Waals surface area contributed by atoms with Crippen LogP contribution in [0.5, 0.6) is 0 Å². The van der Waals surface area contributed by atoms with E-state index in [9.17, 15) is 9.18 Å². The summed E-state index contributed by atoms with van der Waals surface area (Å²) in [6, 6.07) is 0. The van der Waals surface area contributed by atoms with Crippen molar-refractivity contribution in [1.82, 2.24) is 0 Å². The van der Waals surface area contributed by atoms with Gasteiger partial charge >= 0.3 is 0 Å². The molecule has 2 aliphatic carbocycles. The minimum atomic E-state index is -0.307. The molecule has 0 N–H and O–H groups in total. The van der Waals surface area contributed by atoms with E-state index in [0.29, 0.717) is 25.9 Å². The van der Waals surface area contributed by atoms with Crippen molar-refractivity contribution in [1.29, 1.82) is 0 Å². The first-order valence-electron chi connectivity index (χ1n) is 8.95. The van der Waals surface area contributed by atoms with Crippen molar-refractivity contribution in [3.63, 3.8) is 0 Å². The first-order valence-corrected chi connectivity index (χ1v) is 10.1. The smallest absolute Gasteiger partial charge is 0.222 e. The Morgan fingerprint density at radius 3 is 2.85 bits per heavy atom. The number of allylic oxidation sites excluding steroid dienone is 10. The van der Waals surface area contributed by atoms with Crippen LogP contribution in [0.2, 0.25) is 0 Å². The van der Waals surface area contributed by atoms with Gasteiger partial charge in [0.2, 0.25) is 5.24 Å². The van der Waals surface area contributed by atoms with Gasteiger partial charge in [-0.3, -0.25) is 4.79 Å². The van der Waals surface area contributed by atoms with Gasteiger partial charge in [0.15, 0.2) is 0 Å². The Morgan fingerprint density at radius 1 is 1.27 bits per heavy atom. The van der Waals surface area contributed by atoms with Gasteiger partial charge in [0, 0.05) is 17.7 Å². The molecule has 0 saturated carbocycles. The number of hydrogen-bond acceptors (Lipinski definition) is 3. The maximum absolute atomic E-state index is 13.3. The Balaban J connectivity index is 0.00000117. The maximum atomic E-state index is 13.3. The van der Waals surface area contributed by atoms with Gasteiger partial charge in [-0.15, -0.1) is 0 Å². The third-order valence-corrected chi connectivity index (χ3v) is 5.37. The zero-order valence-electron chi connectivity index (χ0n) is 15.1. The van der Waals surface area contributed by atoms with Gasteiger partial charge in [-0.2, -0.15) is 0 Å². The Labute approximate surface area is 164 Å². The second-order valence-corrected chi connectivity index (χ2v) is 7.42. The molecule has 0 radical (unpaired) electrons. The molecule has 0 saturated heterocycles. The Hall–Kier alpha value is -1.52. The fourth-order valence-electron chi connectivity index (χ4n) is 2.92. The van der Waals surface area contributed by atoms with E-state index in [1.165, 1.54) is 6.08 Å². The van der Waals surface area contributed by atoms with Crippen LogP contribution in [0.3, 0.4) is 0 Å². The average molecular weight is 395 g/mol. The Kier molecular flexibility index (Phi) is 8.46. The highest BCUT2D eigenvalue weighted by atomic mass is 35.5. The zero-order chi connectivity index (χ0) is 18.9. The highest BCUT2D eigenvalue weighted by molar-refractivity contribution is 8.06. The molecular formula is C21H24ClFO2S. The van der Waals surface area contributed by atoms with E-state index < -0.39 is 0 Å². The van der Waals surface area contributed by atoms with E-state index in [2.05, 4.69) is 6.08 Å². The normalized spacial score (nSPS) is 21.8. The fourth-order valence-corrected chi connectivity index (χ4v) is 4.03. The van der Waals surface area contributed by atoms with E-state index in [4.69, 9.17) is 16.3 Å². The van der Waals surface area contributed by atoms with E-state index in [-0.39, 0.29) is 17.0 Å². The van der Waals surface area contributed by atoms with Crippen molar-refractivity contribution in [2.45, 2.75) is 39.5 Å². The Bertz CT molecular complexity index is 711. The largest absolute Gasteiger partial charge is 0.497 e. The molecule has 0 spiro atoms. The van der Waals surface area contributed by atoms with E-state index in [1.807, 2.05) is 32.1 Å². The number of rotatable bonds is 4. The topological polar surface area (TPSA) is 26.3 Å². The highest BCUT2D eigenvalue weighted by Crippen LogP contribution is 2.37. The summed E-state index contributed by atoms with van der Waals surface area (Å²) < 4.78 is 19.0. The van der Waals surface area contributed by atoms with Crippen LogP contribution in [0, 0.1) is 5.92 Å². The molecule has 0 amide bonds. The first kappa shape index (κ1) is 20.8. The van der Waals surface area contributed by atoms with Crippen molar-refractivity contribution < 1.29 is 13.9 Å². The van der Waals surface area contributed by atoms with Gasteiger partial charge in [-0.25, -0.2) is 4.39 Å². The van der Waals surface area contributed by atoms with Crippen LogP contribution in [0.4, 0.5) is 4.39 Å². The van der Waals surface area contributed by atoms with E-state index in [0.717, 1.165) is 27.6 Å². The predicted molar refractivity (Wildman–Crippen MR) is 108 cm³/mol. The SMILES string of the molecule is CC.O=C(Cl)CC1CCOC2=C1C=CC(SC1=CC=CC(F)=CC1)=CC2. The summed E-state index contributed by atoms with van der Waals surface area (Å²) in [7, 11) is 0. The molecule has 0 fully saturated rings. The average Bonchev–Trinajstić information content (AvgIpc) is 2.96. The van der Waals surface area contributed by atoms with Crippen molar-refractivity contribution in [3.8, 4) is 0 Å². The number of carbonyl (C=O) groups excluding carboxylic acids is 1. The summed E-state index contributed by atoms with van der Waals surface area (Å²) in [5, 5.41) is -0.307. The molecular weight excluding hydrogens is 371 g/mol. The molecule has 1 aliphatic heterocycles. The van der Waals surface area contributed by atoms with Gasteiger partial charge in [0.25, 0.3) is 0 Å². The van der Waals surface area contributed by atoms with Gasteiger partial charge < -0.3 is 4.74 Å². The zero-order valence-corrected chi connectivity index (χ0v) is 16.7. The van der Waals surface area contributed by atoms with Crippen molar-refractivity contribution >= 4 is 28.6 Å². The molecule has 3 aliphatic rings. The van der Waals surface area contributed by atoms with Crippen LogP contribution in [-0.2, 0) is 9.53 Å². The lowest BCUT2D eigenvalue weighted by molar-refractivity contribution is -0.112. The maximum Gasteiger partial charge on any atom is 0.222 e. The summed E-state index contributed by atoms with van der Waals surface area (Å²) in [5.74, 6) is 0.854. The predicted octanol–water partition coefficient (Wildman–Crippen LogP) is 6.73. The summed E-state index contributed by atoms with van der Waals surface area (Å²) in [4.78, 5) is 13.5. The summed E-state index contributed by atoms with van der Waals surface area (Å²) in [5.41, 5.74) is 1.07. The van der Waals surface area contributed by atoms with Gasteiger partial charge in [-0.1, -0.05) is 49.9 Å². The van der Waals surface area contributed by atoms with Gasteiger partial charge in [-0.05, 0) is 59.1 Å². The van der Waals surface area contributed by atoms with Crippen LogP contribution >= 0.6 is 23.4 Å². The first-order chi connectivity index (χ1) is 12.6. The molecule has 0 aromatic heterocycles. The number of hydrogen-bond donors (Lipinski definition) is 0. The molecule has 0 aromatic carbocycles. The minimum absolute atomic E-state index is 0.129. The molecule has 26 heavy (non-hydrogen) atoms. The summed E-state index contributed by atoms with van der Waals surface area (Å²) in [6.07, 6.45) is 15.3. The van der Waals surface area contributed by atoms with Crippen LogP contribution in [0.25, 0.3) is 0 Å². The molecule has 0 aromatic rings. The number of ether oxygens (including phenoxy) is 1. The summed E-state index contributed by atoms with van der Waals surface area (Å²) in [6.45, 7) is 4.62. The summed E-state index contributed by atoms with van der Waals surface area (Å²) >= 11 is 7.20. The molecule has 140 valence electrons. The molecule has 1 heterocycles.